The summed E-state index contributed by atoms with van der Waals surface area (Å²) in [6.45, 7) is 7.78. The molecule has 0 aromatic carbocycles. The average molecular weight is 223 g/mol. The molecular formula is C12H21N3O. The highest BCUT2D eigenvalue weighted by atomic mass is 16.5. The Morgan fingerprint density at radius 1 is 1.44 bits per heavy atom. The van der Waals surface area contributed by atoms with Gasteiger partial charge in [0.2, 0.25) is 0 Å². The summed E-state index contributed by atoms with van der Waals surface area (Å²) in [6, 6.07) is 1.93. The Balaban J connectivity index is 2.26. The number of rotatable bonds is 6. The zero-order valence-electron chi connectivity index (χ0n) is 10.6. The molecule has 1 N–H and O–H groups in total. The molecule has 0 saturated heterocycles. The van der Waals surface area contributed by atoms with Crippen molar-refractivity contribution in [2.24, 2.45) is 0 Å². The van der Waals surface area contributed by atoms with Crippen LogP contribution in [0.4, 0.5) is 0 Å². The van der Waals surface area contributed by atoms with Gasteiger partial charge in [0.05, 0.1) is 11.3 Å². The van der Waals surface area contributed by atoms with Crippen molar-refractivity contribution >= 4 is 0 Å². The van der Waals surface area contributed by atoms with E-state index in [4.69, 9.17) is 4.74 Å². The van der Waals surface area contributed by atoms with E-state index in [0.717, 1.165) is 31.0 Å². The highest BCUT2D eigenvalue weighted by Gasteiger charge is 2.14. The molecule has 1 heterocycles. The molecule has 0 spiro atoms. The van der Waals surface area contributed by atoms with Crippen molar-refractivity contribution in [2.45, 2.75) is 39.3 Å². The Morgan fingerprint density at radius 2 is 2.19 bits per heavy atom. The third kappa shape index (κ3) is 4.68. The molecule has 0 unspecified atom stereocenters. The van der Waals surface area contributed by atoms with Crippen LogP contribution in [0.1, 0.15) is 31.8 Å². The van der Waals surface area contributed by atoms with E-state index in [1.807, 2.05) is 13.0 Å². The molecule has 16 heavy (non-hydrogen) atoms. The van der Waals surface area contributed by atoms with Crippen LogP contribution in [0.15, 0.2) is 12.3 Å². The van der Waals surface area contributed by atoms with Crippen LogP contribution in [0.25, 0.3) is 0 Å². The lowest BCUT2D eigenvalue weighted by Gasteiger charge is -2.22. The number of nitrogens with one attached hydrogen (secondary N) is 1. The Hall–Kier alpha value is -1.00. The third-order valence-electron chi connectivity index (χ3n) is 2.60. The first-order chi connectivity index (χ1) is 7.53. The zero-order chi connectivity index (χ0) is 12.0. The predicted molar refractivity (Wildman–Crippen MR) is 64.2 cm³/mol. The number of ether oxygens (including phenoxy) is 1. The van der Waals surface area contributed by atoms with Gasteiger partial charge in [-0.05, 0) is 39.8 Å². The fraction of sp³-hybridized carbons (Fsp3) is 0.667. The lowest BCUT2D eigenvalue weighted by Crippen LogP contribution is -2.28. The fourth-order valence-electron chi connectivity index (χ4n) is 1.31. The van der Waals surface area contributed by atoms with E-state index in [1.165, 1.54) is 0 Å². The Morgan fingerprint density at radius 3 is 2.81 bits per heavy atom. The zero-order valence-corrected chi connectivity index (χ0v) is 10.6. The number of hydrogen-bond acceptors (Lipinski definition) is 4. The average Bonchev–Trinajstić information content (AvgIpc) is 2.25. The molecule has 0 aliphatic rings. The van der Waals surface area contributed by atoms with Crippen LogP contribution in [0.3, 0.4) is 0 Å². The second-order valence-electron chi connectivity index (χ2n) is 4.49. The first-order valence-corrected chi connectivity index (χ1v) is 5.58. The maximum Gasteiger partial charge on any atom is 0.125 e. The van der Waals surface area contributed by atoms with Gasteiger partial charge in [0, 0.05) is 19.9 Å². The molecule has 0 aliphatic heterocycles. The molecule has 0 amide bonds. The van der Waals surface area contributed by atoms with Crippen LogP contribution < -0.4 is 5.32 Å². The minimum atomic E-state index is -0.0609. The van der Waals surface area contributed by atoms with Crippen LogP contribution >= 0.6 is 0 Å². The van der Waals surface area contributed by atoms with E-state index in [2.05, 4.69) is 29.1 Å². The smallest absolute Gasteiger partial charge is 0.125 e. The van der Waals surface area contributed by atoms with E-state index in [-0.39, 0.29) is 5.60 Å². The van der Waals surface area contributed by atoms with Crippen molar-refractivity contribution in [3.05, 3.63) is 23.8 Å². The fourth-order valence-corrected chi connectivity index (χ4v) is 1.31. The topological polar surface area (TPSA) is 47.0 Å². The molecule has 0 fully saturated rings. The quantitative estimate of drug-likeness (QED) is 0.745. The Bertz CT molecular complexity index is 326. The van der Waals surface area contributed by atoms with Crippen LogP contribution in [0, 0.1) is 6.92 Å². The van der Waals surface area contributed by atoms with E-state index >= 15 is 0 Å². The highest BCUT2D eigenvalue weighted by molar-refractivity contribution is 5.00. The molecule has 4 heteroatoms. The van der Waals surface area contributed by atoms with E-state index in [9.17, 15) is 0 Å². The third-order valence-corrected chi connectivity index (χ3v) is 2.60. The van der Waals surface area contributed by atoms with Gasteiger partial charge in [-0.2, -0.15) is 0 Å². The van der Waals surface area contributed by atoms with Crippen molar-refractivity contribution in [3.63, 3.8) is 0 Å². The van der Waals surface area contributed by atoms with Gasteiger partial charge in [0.15, 0.2) is 0 Å². The second-order valence-corrected chi connectivity index (χ2v) is 4.49. The molecule has 1 aromatic rings. The van der Waals surface area contributed by atoms with E-state index in [1.54, 1.807) is 13.3 Å². The number of hydrogen-bond donors (Lipinski definition) is 1. The first-order valence-electron chi connectivity index (χ1n) is 5.58. The summed E-state index contributed by atoms with van der Waals surface area (Å²) in [5, 5.41) is 3.35. The summed E-state index contributed by atoms with van der Waals surface area (Å²) in [4.78, 5) is 8.38. The van der Waals surface area contributed by atoms with E-state index in [0.29, 0.717) is 0 Å². The monoisotopic (exact) mass is 223 g/mol. The van der Waals surface area contributed by atoms with Crippen molar-refractivity contribution in [3.8, 4) is 0 Å². The minimum absolute atomic E-state index is 0.0609. The molecule has 90 valence electrons. The van der Waals surface area contributed by atoms with Crippen LogP contribution in [-0.2, 0) is 11.3 Å². The molecule has 0 saturated carbocycles. The van der Waals surface area contributed by atoms with E-state index < -0.39 is 0 Å². The van der Waals surface area contributed by atoms with Crippen LogP contribution in [-0.4, -0.2) is 29.2 Å². The number of nitrogens with zero attached hydrogens (tertiary/aromatic N) is 2. The SMILES string of the molecule is COC(C)(C)CCNCc1ccnc(C)n1. The normalized spacial score (nSPS) is 11.8. The first kappa shape index (κ1) is 13.1. The minimum Gasteiger partial charge on any atom is -0.379 e. The molecule has 0 bridgehead atoms. The van der Waals surface area contributed by atoms with Crippen molar-refractivity contribution in [2.75, 3.05) is 13.7 Å². The summed E-state index contributed by atoms with van der Waals surface area (Å²) >= 11 is 0. The van der Waals surface area contributed by atoms with Crippen LogP contribution in [0.5, 0.6) is 0 Å². The molecular weight excluding hydrogens is 202 g/mol. The molecule has 1 aromatic heterocycles. The molecule has 0 radical (unpaired) electrons. The Labute approximate surface area is 97.5 Å². The van der Waals surface area contributed by atoms with Crippen molar-refractivity contribution in [1.82, 2.24) is 15.3 Å². The van der Waals surface area contributed by atoms with Gasteiger partial charge >= 0.3 is 0 Å². The van der Waals surface area contributed by atoms with Gasteiger partial charge in [0.1, 0.15) is 5.82 Å². The maximum atomic E-state index is 5.34. The summed E-state index contributed by atoms with van der Waals surface area (Å²) in [5.41, 5.74) is 0.969. The van der Waals surface area contributed by atoms with Crippen molar-refractivity contribution in [1.29, 1.82) is 0 Å². The van der Waals surface area contributed by atoms with Crippen LogP contribution in [0.2, 0.25) is 0 Å². The van der Waals surface area contributed by atoms with Gasteiger partial charge in [-0.1, -0.05) is 0 Å². The molecule has 1 rings (SSSR count). The maximum absolute atomic E-state index is 5.34. The summed E-state index contributed by atoms with van der Waals surface area (Å²) in [6.07, 6.45) is 2.77. The standard InChI is InChI=1S/C12H21N3O/c1-10-14-7-5-11(15-10)9-13-8-6-12(2,3)16-4/h5,7,13H,6,8-9H2,1-4H3. The lowest BCUT2D eigenvalue weighted by atomic mass is 10.1. The second kappa shape index (κ2) is 5.92. The summed E-state index contributed by atoms with van der Waals surface area (Å²) < 4.78 is 5.34. The van der Waals surface area contributed by atoms with Gasteiger partial charge in [-0.15, -0.1) is 0 Å². The summed E-state index contributed by atoms with van der Waals surface area (Å²) in [5.74, 6) is 0.816. The van der Waals surface area contributed by atoms with Crippen molar-refractivity contribution < 1.29 is 4.74 Å². The lowest BCUT2D eigenvalue weighted by molar-refractivity contribution is 0.0158. The molecule has 0 aliphatic carbocycles. The van der Waals surface area contributed by atoms with Gasteiger partial charge in [0.25, 0.3) is 0 Å². The summed E-state index contributed by atoms with van der Waals surface area (Å²) in [7, 11) is 1.74. The number of methoxy groups -OCH3 is 1. The number of aromatic nitrogens is 2. The van der Waals surface area contributed by atoms with Gasteiger partial charge in [-0.25, -0.2) is 9.97 Å². The predicted octanol–water partition coefficient (Wildman–Crippen LogP) is 1.69. The van der Waals surface area contributed by atoms with Gasteiger partial charge < -0.3 is 10.1 Å². The molecule has 4 nitrogen and oxygen atoms in total. The Kier molecular flexibility index (Phi) is 4.83. The molecule has 0 atom stereocenters. The highest BCUT2D eigenvalue weighted by Crippen LogP contribution is 2.11. The largest absolute Gasteiger partial charge is 0.379 e. The van der Waals surface area contributed by atoms with Gasteiger partial charge in [-0.3, -0.25) is 0 Å². The number of aryl methyl sites for hydroxylation is 1.